The van der Waals surface area contributed by atoms with E-state index in [9.17, 15) is 9.59 Å². The minimum Gasteiger partial charge on any atom is -0.361 e. The van der Waals surface area contributed by atoms with Crippen LogP contribution in [0.5, 0.6) is 0 Å². The van der Waals surface area contributed by atoms with Gasteiger partial charge in [0.25, 0.3) is 0 Å². The molecular formula is C20H31N3O3. The van der Waals surface area contributed by atoms with Gasteiger partial charge in [-0.05, 0) is 39.5 Å². The van der Waals surface area contributed by atoms with Crippen LogP contribution in [0, 0.1) is 19.3 Å². The van der Waals surface area contributed by atoms with Gasteiger partial charge in [0.05, 0.1) is 12.1 Å². The molecule has 1 aromatic heterocycles. The molecule has 0 aromatic carbocycles. The monoisotopic (exact) mass is 361 g/mol. The van der Waals surface area contributed by atoms with Crippen LogP contribution in [0.2, 0.25) is 0 Å². The number of amides is 2. The van der Waals surface area contributed by atoms with Crippen LogP contribution in [0.25, 0.3) is 0 Å². The van der Waals surface area contributed by atoms with Crippen molar-refractivity contribution in [3.05, 3.63) is 17.0 Å². The van der Waals surface area contributed by atoms with Crippen molar-refractivity contribution >= 4 is 11.8 Å². The van der Waals surface area contributed by atoms with Crippen molar-refractivity contribution in [1.82, 2.24) is 15.0 Å². The maximum atomic E-state index is 12.9. The summed E-state index contributed by atoms with van der Waals surface area (Å²) < 4.78 is 5.19. The highest BCUT2D eigenvalue weighted by atomic mass is 16.5. The summed E-state index contributed by atoms with van der Waals surface area (Å²) in [5.41, 5.74) is 1.79. The second-order valence-corrected chi connectivity index (χ2v) is 8.07. The lowest BCUT2D eigenvalue weighted by Gasteiger charge is -2.48. The topological polar surface area (TPSA) is 66.7 Å². The van der Waals surface area contributed by atoms with Crippen molar-refractivity contribution in [2.45, 2.75) is 65.7 Å². The van der Waals surface area contributed by atoms with Gasteiger partial charge >= 0.3 is 0 Å². The second kappa shape index (κ2) is 7.80. The van der Waals surface area contributed by atoms with Gasteiger partial charge in [-0.25, -0.2) is 0 Å². The second-order valence-electron chi connectivity index (χ2n) is 8.07. The molecule has 3 heterocycles. The number of rotatable bonds is 5. The molecule has 2 amide bonds. The van der Waals surface area contributed by atoms with Crippen LogP contribution in [-0.4, -0.2) is 52.9 Å². The summed E-state index contributed by atoms with van der Waals surface area (Å²) in [7, 11) is 0. The number of piperidine rings is 2. The number of nitrogens with zero attached hydrogens (tertiary/aromatic N) is 3. The summed E-state index contributed by atoms with van der Waals surface area (Å²) >= 11 is 0. The Labute approximate surface area is 155 Å². The summed E-state index contributed by atoms with van der Waals surface area (Å²) in [6, 6.07) is 0. The molecule has 2 fully saturated rings. The van der Waals surface area contributed by atoms with E-state index in [-0.39, 0.29) is 17.2 Å². The number of unbranched alkanes of at least 4 members (excludes halogenated alkanes) is 1. The van der Waals surface area contributed by atoms with E-state index in [1.54, 1.807) is 0 Å². The highest BCUT2D eigenvalue weighted by molar-refractivity contribution is 5.80. The lowest BCUT2D eigenvalue weighted by Crippen LogP contribution is -2.55. The normalized spacial score (nSPS) is 23.7. The van der Waals surface area contributed by atoms with Gasteiger partial charge in [-0.3, -0.25) is 9.59 Å². The van der Waals surface area contributed by atoms with E-state index in [1.165, 1.54) is 0 Å². The van der Waals surface area contributed by atoms with Crippen LogP contribution in [-0.2, 0) is 16.0 Å². The maximum Gasteiger partial charge on any atom is 0.227 e. The Morgan fingerprint density at radius 3 is 2.77 bits per heavy atom. The van der Waals surface area contributed by atoms with Crippen molar-refractivity contribution in [1.29, 1.82) is 0 Å². The summed E-state index contributed by atoms with van der Waals surface area (Å²) in [5, 5.41) is 3.95. The first-order valence-corrected chi connectivity index (χ1v) is 9.91. The molecule has 1 spiro atoms. The molecule has 144 valence electrons. The average molecular weight is 361 g/mol. The number of hydrogen-bond donors (Lipinski definition) is 0. The number of carbonyl (C=O) groups excluding carboxylic acids is 2. The highest BCUT2D eigenvalue weighted by Gasteiger charge is 2.42. The van der Waals surface area contributed by atoms with Gasteiger partial charge in [0.2, 0.25) is 11.8 Å². The Morgan fingerprint density at radius 1 is 1.27 bits per heavy atom. The molecule has 26 heavy (non-hydrogen) atoms. The lowest BCUT2D eigenvalue weighted by molar-refractivity contribution is -0.142. The fraction of sp³-hybridized carbons (Fsp3) is 0.750. The zero-order valence-corrected chi connectivity index (χ0v) is 16.3. The first-order valence-electron chi connectivity index (χ1n) is 9.91. The van der Waals surface area contributed by atoms with Crippen molar-refractivity contribution in [2.24, 2.45) is 5.41 Å². The van der Waals surface area contributed by atoms with Gasteiger partial charge in [-0.2, -0.15) is 0 Å². The van der Waals surface area contributed by atoms with Crippen molar-refractivity contribution < 1.29 is 14.1 Å². The Morgan fingerprint density at radius 2 is 2.08 bits per heavy atom. The van der Waals surface area contributed by atoms with Crippen molar-refractivity contribution in [3.8, 4) is 0 Å². The van der Waals surface area contributed by atoms with Gasteiger partial charge in [-0.15, -0.1) is 0 Å². The first kappa shape index (κ1) is 18.9. The van der Waals surface area contributed by atoms with Crippen LogP contribution >= 0.6 is 0 Å². The van der Waals surface area contributed by atoms with Gasteiger partial charge in [0.1, 0.15) is 5.76 Å². The third-order valence-electron chi connectivity index (χ3n) is 6.05. The zero-order valence-electron chi connectivity index (χ0n) is 16.3. The van der Waals surface area contributed by atoms with Crippen LogP contribution in [0.4, 0.5) is 0 Å². The lowest BCUT2D eigenvalue weighted by atomic mass is 9.73. The van der Waals surface area contributed by atoms with E-state index >= 15 is 0 Å². The molecule has 0 saturated carbocycles. The quantitative estimate of drug-likeness (QED) is 0.809. The number of aryl methyl sites for hydroxylation is 2. The summed E-state index contributed by atoms with van der Waals surface area (Å²) in [4.78, 5) is 29.2. The average Bonchev–Trinajstić information content (AvgIpc) is 2.95. The molecule has 0 bridgehead atoms. The minimum atomic E-state index is 0.0777. The summed E-state index contributed by atoms with van der Waals surface area (Å²) in [6.07, 6.45) is 6.16. The largest absolute Gasteiger partial charge is 0.361 e. The van der Waals surface area contributed by atoms with Crippen LogP contribution in [0.15, 0.2) is 4.52 Å². The van der Waals surface area contributed by atoms with Crippen molar-refractivity contribution in [3.63, 3.8) is 0 Å². The van der Waals surface area contributed by atoms with Gasteiger partial charge in [0.15, 0.2) is 0 Å². The Hall–Kier alpha value is -1.85. The highest BCUT2D eigenvalue weighted by Crippen LogP contribution is 2.39. The number of carbonyl (C=O) groups is 2. The van der Waals surface area contributed by atoms with Crippen molar-refractivity contribution in [2.75, 3.05) is 26.2 Å². The maximum absolute atomic E-state index is 12.9. The van der Waals surface area contributed by atoms with E-state index in [0.29, 0.717) is 12.8 Å². The third kappa shape index (κ3) is 3.94. The number of hydrogen-bond acceptors (Lipinski definition) is 4. The molecule has 0 N–H and O–H groups in total. The van der Waals surface area contributed by atoms with E-state index in [2.05, 4.69) is 12.1 Å². The fourth-order valence-electron chi connectivity index (χ4n) is 4.43. The van der Waals surface area contributed by atoms with E-state index < -0.39 is 0 Å². The van der Waals surface area contributed by atoms with E-state index in [0.717, 1.165) is 75.3 Å². The molecule has 0 unspecified atom stereocenters. The summed E-state index contributed by atoms with van der Waals surface area (Å²) in [6.45, 7) is 9.14. The van der Waals surface area contributed by atoms with Gasteiger partial charge < -0.3 is 14.3 Å². The molecular weight excluding hydrogens is 330 g/mol. The van der Waals surface area contributed by atoms with E-state index in [1.807, 2.05) is 23.6 Å². The zero-order chi connectivity index (χ0) is 18.7. The molecule has 0 aliphatic carbocycles. The molecule has 3 rings (SSSR count). The molecule has 1 atom stereocenters. The van der Waals surface area contributed by atoms with Gasteiger partial charge in [0, 0.05) is 43.6 Å². The Bertz CT molecular complexity index is 650. The van der Waals surface area contributed by atoms with Crippen LogP contribution < -0.4 is 0 Å². The fourth-order valence-corrected chi connectivity index (χ4v) is 4.43. The number of aromatic nitrogens is 1. The molecule has 1 aromatic rings. The SMILES string of the molecule is CCCCN1C[C@]2(CCCN(C(=O)Cc3c(C)noc3C)C2)CCC1=O. The predicted molar refractivity (Wildman–Crippen MR) is 98.7 cm³/mol. The Balaban J connectivity index is 1.66. The Kier molecular flexibility index (Phi) is 5.68. The molecule has 6 nitrogen and oxygen atoms in total. The molecule has 6 heteroatoms. The minimum absolute atomic E-state index is 0.0777. The van der Waals surface area contributed by atoms with Crippen LogP contribution in [0.3, 0.4) is 0 Å². The number of likely N-dealkylation sites (tertiary alicyclic amines) is 2. The summed E-state index contributed by atoms with van der Waals surface area (Å²) in [5.74, 6) is 1.16. The molecule has 2 saturated heterocycles. The first-order chi connectivity index (χ1) is 12.4. The molecule has 2 aliphatic rings. The van der Waals surface area contributed by atoms with Crippen LogP contribution in [0.1, 0.15) is 62.5 Å². The van der Waals surface area contributed by atoms with Gasteiger partial charge in [-0.1, -0.05) is 18.5 Å². The third-order valence-corrected chi connectivity index (χ3v) is 6.05. The smallest absolute Gasteiger partial charge is 0.227 e. The van der Waals surface area contributed by atoms with E-state index in [4.69, 9.17) is 4.52 Å². The molecule has 0 radical (unpaired) electrons. The molecule has 2 aliphatic heterocycles. The predicted octanol–water partition coefficient (Wildman–Crippen LogP) is 2.87. The standard InChI is InChI=1S/C20H31N3O3/c1-4-5-10-22-13-20(9-7-18(22)24)8-6-11-23(14-20)19(25)12-17-15(2)21-26-16(17)3/h4-14H2,1-3H3/t20-/m0/s1.